The number of aliphatic carboxylic acids is 1. The van der Waals surface area contributed by atoms with E-state index in [-0.39, 0.29) is 5.92 Å². The maximum atomic E-state index is 11.9. The number of hydrogen-bond donors (Lipinski definition) is 1. The van der Waals surface area contributed by atoms with Crippen molar-refractivity contribution in [3.63, 3.8) is 0 Å². The summed E-state index contributed by atoms with van der Waals surface area (Å²) in [6.07, 6.45) is 7.07. The third kappa shape index (κ3) is 3.16. The standard InChI is InChI=1S/C21H26N2O2/c1-3-18-17(13-22)19(20(21(24)25)23(18)2)16-11-9-15(10-12-16)14-7-5-4-6-8-14/h9-12,14,19-20H,3-8H2,1-2H3,(H,24,25). The number of carboxylic acids is 1. The van der Waals surface area contributed by atoms with Crippen LogP contribution in [0.15, 0.2) is 35.5 Å². The molecule has 0 bridgehead atoms. The van der Waals surface area contributed by atoms with Gasteiger partial charge < -0.3 is 10.0 Å². The first-order chi connectivity index (χ1) is 12.1. The molecule has 1 aliphatic heterocycles. The summed E-state index contributed by atoms with van der Waals surface area (Å²) in [6, 6.07) is 9.93. The quantitative estimate of drug-likeness (QED) is 0.883. The van der Waals surface area contributed by atoms with Gasteiger partial charge in [0, 0.05) is 12.7 Å². The van der Waals surface area contributed by atoms with Gasteiger partial charge in [0.25, 0.3) is 0 Å². The fourth-order valence-electron chi connectivity index (χ4n) is 4.56. The van der Waals surface area contributed by atoms with Gasteiger partial charge in [0.05, 0.1) is 17.6 Å². The minimum Gasteiger partial charge on any atom is -0.480 e. The first kappa shape index (κ1) is 17.5. The molecule has 1 aromatic carbocycles. The van der Waals surface area contributed by atoms with Gasteiger partial charge in [-0.25, -0.2) is 4.79 Å². The lowest BCUT2D eigenvalue weighted by Gasteiger charge is -2.26. The molecule has 1 N–H and O–H groups in total. The minimum atomic E-state index is -0.875. The van der Waals surface area contributed by atoms with E-state index < -0.39 is 12.0 Å². The van der Waals surface area contributed by atoms with E-state index in [4.69, 9.17) is 0 Å². The molecule has 132 valence electrons. The summed E-state index contributed by atoms with van der Waals surface area (Å²) in [7, 11) is 1.78. The van der Waals surface area contributed by atoms with Crippen LogP contribution in [0.1, 0.15) is 68.4 Å². The van der Waals surface area contributed by atoms with Crippen LogP contribution in [0.25, 0.3) is 0 Å². The van der Waals surface area contributed by atoms with Crippen LogP contribution >= 0.6 is 0 Å². The Bertz CT molecular complexity index is 708. The number of likely N-dealkylation sites (N-methyl/N-ethyl adjacent to an activating group) is 1. The fourth-order valence-corrected chi connectivity index (χ4v) is 4.56. The molecule has 4 heteroatoms. The van der Waals surface area contributed by atoms with Gasteiger partial charge in [0.15, 0.2) is 0 Å². The second-order valence-corrected chi connectivity index (χ2v) is 7.20. The van der Waals surface area contributed by atoms with Crippen molar-refractivity contribution in [2.75, 3.05) is 7.05 Å². The van der Waals surface area contributed by atoms with Crippen LogP contribution in [0.4, 0.5) is 0 Å². The number of carbonyl (C=O) groups is 1. The van der Waals surface area contributed by atoms with Gasteiger partial charge in [0.2, 0.25) is 0 Å². The van der Waals surface area contributed by atoms with Crippen LogP contribution in [0.3, 0.4) is 0 Å². The van der Waals surface area contributed by atoms with Crippen LogP contribution in [-0.2, 0) is 4.79 Å². The predicted molar refractivity (Wildman–Crippen MR) is 97.1 cm³/mol. The van der Waals surface area contributed by atoms with Crippen molar-refractivity contribution >= 4 is 5.97 Å². The van der Waals surface area contributed by atoms with Crippen molar-refractivity contribution in [2.24, 2.45) is 0 Å². The summed E-state index contributed by atoms with van der Waals surface area (Å²) in [4.78, 5) is 13.6. The molecule has 0 amide bonds. The molecule has 2 aliphatic rings. The third-order valence-corrected chi connectivity index (χ3v) is 5.86. The maximum Gasteiger partial charge on any atom is 0.327 e. The Labute approximate surface area is 149 Å². The fraction of sp³-hybridized carbons (Fsp3) is 0.524. The van der Waals surface area contributed by atoms with Gasteiger partial charge in [-0.15, -0.1) is 0 Å². The second kappa shape index (κ2) is 7.31. The van der Waals surface area contributed by atoms with Gasteiger partial charge in [-0.05, 0) is 36.3 Å². The molecule has 1 aliphatic carbocycles. The van der Waals surface area contributed by atoms with Crippen LogP contribution in [0, 0.1) is 11.3 Å². The smallest absolute Gasteiger partial charge is 0.327 e. The maximum absolute atomic E-state index is 11.9. The highest BCUT2D eigenvalue weighted by molar-refractivity contribution is 5.78. The van der Waals surface area contributed by atoms with Crippen molar-refractivity contribution in [1.82, 2.24) is 4.90 Å². The molecule has 3 rings (SSSR count). The SMILES string of the molecule is CCC1=C(C#N)C(c2ccc(C3CCCCC3)cc2)C(C(=O)O)N1C. The molecular weight excluding hydrogens is 312 g/mol. The largest absolute Gasteiger partial charge is 0.480 e. The van der Waals surface area contributed by atoms with Crippen LogP contribution in [0.5, 0.6) is 0 Å². The highest BCUT2D eigenvalue weighted by Gasteiger charge is 2.43. The van der Waals surface area contributed by atoms with Gasteiger partial charge in [-0.2, -0.15) is 5.26 Å². The Morgan fingerprint density at radius 3 is 2.32 bits per heavy atom. The van der Waals surface area contributed by atoms with Crippen molar-refractivity contribution in [3.05, 3.63) is 46.7 Å². The second-order valence-electron chi connectivity index (χ2n) is 7.20. The van der Waals surface area contributed by atoms with E-state index in [9.17, 15) is 15.2 Å². The van der Waals surface area contributed by atoms with E-state index in [1.165, 1.54) is 37.7 Å². The lowest BCUT2D eigenvalue weighted by atomic mass is 9.82. The van der Waals surface area contributed by atoms with Crippen molar-refractivity contribution in [2.45, 2.75) is 63.3 Å². The van der Waals surface area contributed by atoms with E-state index in [1.807, 2.05) is 19.1 Å². The average molecular weight is 338 g/mol. The number of rotatable bonds is 4. The molecule has 4 nitrogen and oxygen atoms in total. The molecule has 2 unspecified atom stereocenters. The van der Waals surface area contributed by atoms with Gasteiger partial charge >= 0.3 is 5.97 Å². The zero-order valence-corrected chi connectivity index (χ0v) is 15.0. The molecule has 0 saturated heterocycles. The van der Waals surface area contributed by atoms with E-state index in [1.54, 1.807) is 11.9 Å². The Morgan fingerprint density at radius 2 is 1.80 bits per heavy atom. The normalized spacial score (nSPS) is 24.4. The number of nitriles is 1. The highest BCUT2D eigenvalue weighted by atomic mass is 16.4. The van der Waals surface area contributed by atoms with Gasteiger partial charge in [-0.1, -0.05) is 50.5 Å². The van der Waals surface area contributed by atoms with Gasteiger partial charge in [0.1, 0.15) is 6.04 Å². The molecule has 2 atom stereocenters. The van der Waals surface area contributed by atoms with E-state index in [2.05, 4.69) is 18.2 Å². The summed E-state index contributed by atoms with van der Waals surface area (Å²) in [5.74, 6) is -0.635. The topological polar surface area (TPSA) is 64.3 Å². The Kier molecular flexibility index (Phi) is 5.13. The molecule has 1 heterocycles. The molecular formula is C21H26N2O2. The lowest BCUT2D eigenvalue weighted by Crippen LogP contribution is -2.37. The summed E-state index contributed by atoms with van der Waals surface area (Å²) < 4.78 is 0. The molecule has 0 aromatic heterocycles. The third-order valence-electron chi connectivity index (χ3n) is 5.86. The molecule has 0 radical (unpaired) electrons. The number of hydrogen-bond acceptors (Lipinski definition) is 3. The van der Waals surface area contributed by atoms with E-state index >= 15 is 0 Å². The Morgan fingerprint density at radius 1 is 1.20 bits per heavy atom. The number of nitrogens with zero attached hydrogens (tertiary/aromatic N) is 2. The molecule has 1 aromatic rings. The van der Waals surface area contributed by atoms with Crippen LogP contribution < -0.4 is 0 Å². The lowest BCUT2D eigenvalue weighted by molar-refractivity contribution is -0.142. The van der Waals surface area contributed by atoms with E-state index in [0.717, 1.165) is 11.3 Å². The first-order valence-electron chi connectivity index (χ1n) is 9.27. The summed E-state index contributed by atoms with van der Waals surface area (Å²) >= 11 is 0. The average Bonchev–Trinajstić information content (AvgIpc) is 2.94. The van der Waals surface area contributed by atoms with Crippen molar-refractivity contribution in [3.8, 4) is 6.07 Å². The summed E-state index contributed by atoms with van der Waals surface area (Å²) in [6.45, 7) is 1.97. The van der Waals surface area contributed by atoms with Crippen molar-refractivity contribution in [1.29, 1.82) is 5.26 Å². The van der Waals surface area contributed by atoms with Gasteiger partial charge in [-0.3, -0.25) is 0 Å². The zero-order valence-electron chi connectivity index (χ0n) is 15.0. The predicted octanol–water partition coefficient (Wildman–Crippen LogP) is 4.40. The van der Waals surface area contributed by atoms with E-state index in [0.29, 0.717) is 17.9 Å². The Hall–Kier alpha value is -2.28. The Balaban J connectivity index is 1.93. The molecule has 1 fully saturated rings. The number of carboxylic acid groups (broad SMARTS) is 1. The molecule has 0 spiro atoms. The van der Waals surface area contributed by atoms with Crippen LogP contribution in [0.2, 0.25) is 0 Å². The first-order valence-corrected chi connectivity index (χ1v) is 9.27. The summed E-state index contributed by atoms with van der Waals surface area (Å²) in [5, 5.41) is 19.4. The number of allylic oxidation sites excluding steroid dienone is 1. The highest BCUT2D eigenvalue weighted by Crippen LogP contribution is 2.42. The molecule has 1 saturated carbocycles. The summed E-state index contributed by atoms with van der Waals surface area (Å²) in [5.41, 5.74) is 3.72. The zero-order chi connectivity index (χ0) is 18.0. The minimum absolute atomic E-state index is 0.386. The number of benzene rings is 1. The molecule has 25 heavy (non-hydrogen) atoms. The van der Waals surface area contributed by atoms with Crippen LogP contribution in [-0.4, -0.2) is 29.1 Å². The monoisotopic (exact) mass is 338 g/mol. The van der Waals surface area contributed by atoms with Crippen molar-refractivity contribution < 1.29 is 9.90 Å².